The molecule has 124 valence electrons. The average Bonchev–Trinajstić information content (AvgIpc) is 2.55. The Morgan fingerprint density at radius 2 is 2.08 bits per heavy atom. The zero-order valence-electron chi connectivity index (χ0n) is 12.8. The van der Waals surface area contributed by atoms with Gasteiger partial charge >= 0.3 is 0 Å². The van der Waals surface area contributed by atoms with Crippen LogP contribution < -0.4 is 10.5 Å². The predicted molar refractivity (Wildman–Crippen MR) is 92.0 cm³/mol. The van der Waals surface area contributed by atoms with E-state index >= 15 is 0 Å². The molecular formula is C16H14Cl2N4O2. The summed E-state index contributed by atoms with van der Waals surface area (Å²) in [5.74, 6) is 0.0181. The van der Waals surface area contributed by atoms with Crippen LogP contribution in [0.4, 0.5) is 5.82 Å². The molecule has 0 atom stereocenters. The fourth-order valence-corrected chi connectivity index (χ4v) is 2.41. The number of pyridine rings is 1. The van der Waals surface area contributed by atoms with E-state index in [2.05, 4.69) is 4.98 Å². The summed E-state index contributed by atoms with van der Waals surface area (Å²) in [7, 11) is 1.52. The lowest BCUT2D eigenvalue weighted by Gasteiger charge is -2.15. The number of carbonyl (C=O) groups excluding carboxylic acids is 1. The second-order valence-electron chi connectivity index (χ2n) is 4.92. The highest BCUT2D eigenvalue weighted by molar-refractivity contribution is 6.35. The smallest absolute Gasteiger partial charge is 0.256 e. The van der Waals surface area contributed by atoms with Gasteiger partial charge in [0.05, 0.1) is 11.6 Å². The molecule has 0 unspecified atom stereocenters. The van der Waals surface area contributed by atoms with Crippen molar-refractivity contribution in [3.05, 3.63) is 51.6 Å². The Morgan fingerprint density at radius 3 is 2.71 bits per heavy atom. The van der Waals surface area contributed by atoms with E-state index in [1.54, 1.807) is 18.2 Å². The summed E-state index contributed by atoms with van der Waals surface area (Å²) in [4.78, 5) is 17.4. The van der Waals surface area contributed by atoms with Crippen LogP contribution in [-0.4, -0.2) is 29.4 Å². The molecule has 2 rings (SSSR count). The number of nitrogen functional groups attached to an aromatic ring is 1. The highest BCUT2D eigenvalue weighted by Gasteiger charge is 2.15. The molecule has 1 aromatic carbocycles. The van der Waals surface area contributed by atoms with Gasteiger partial charge in [-0.25, -0.2) is 4.98 Å². The number of nitriles is 1. The highest BCUT2D eigenvalue weighted by atomic mass is 35.5. The van der Waals surface area contributed by atoms with Gasteiger partial charge in [-0.2, -0.15) is 5.26 Å². The monoisotopic (exact) mass is 364 g/mol. The third-order valence-electron chi connectivity index (χ3n) is 3.22. The molecule has 0 bridgehead atoms. The summed E-state index contributed by atoms with van der Waals surface area (Å²) >= 11 is 12.2. The van der Waals surface area contributed by atoms with Gasteiger partial charge in [0.2, 0.25) is 0 Å². The molecule has 2 N–H and O–H groups in total. The first-order valence-corrected chi connectivity index (χ1v) is 7.63. The van der Waals surface area contributed by atoms with Gasteiger partial charge in [-0.05, 0) is 18.2 Å². The SMILES string of the molecule is CN(CC#N)C(=O)c1cnc(N)c(OCc2c(Cl)cccc2Cl)c1. The highest BCUT2D eigenvalue weighted by Crippen LogP contribution is 2.27. The summed E-state index contributed by atoms with van der Waals surface area (Å²) in [6.07, 6.45) is 1.33. The molecule has 0 aliphatic carbocycles. The summed E-state index contributed by atoms with van der Waals surface area (Å²) in [5.41, 5.74) is 6.66. The second kappa shape index (κ2) is 7.86. The van der Waals surface area contributed by atoms with Gasteiger partial charge in [0.1, 0.15) is 13.2 Å². The third kappa shape index (κ3) is 4.07. The molecule has 6 nitrogen and oxygen atoms in total. The van der Waals surface area contributed by atoms with Gasteiger partial charge in [0, 0.05) is 28.9 Å². The van der Waals surface area contributed by atoms with E-state index in [0.29, 0.717) is 15.6 Å². The number of benzene rings is 1. The molecule has 0 saturated carbocycles. The minimum atomic E-state index is -0.357. The van der Waals surface area contributed by atoms with Crippen molar-refractivity contribution < 1.29 is 9.53 Å². The first-order valence-electron chi connectivity index (χ1n) is 6.87. The van der Waals surface area contributed by atoms with Crippen molar-refractivity contribution in [1.29, 1.82) is 5.26 Å². The molecule has 24 heavy (non-hydrogen) atoms. The molecule has 1 heterocycles. The molecule has 2 aromatic rings. The van der Waals surface area contributed by atoms with Gasteiger partial charge in [-0.3, -0.25) is 4.79 Å². The van der Waals surface area contributed by atoms with Gasteiger partial charge in [0.25, 0.3) is 5.91 Å². The first kappa shape index (κ1) is 17.9. The molecule has 0 radical (unpaired) electrons. The van der Waals surface area contributed by atoms with Crippen molar-refractivity contribution in [2.75, 3.05) is 19.3 Å². The first-order chi connectivity index (χ1) is 11.4. The quantitative estimate of drug-likeness (QED) is 0.822. The van der Waals surface area contributed by atoms with Crippen LogP contribution in [0.15, 0.2) is 30.5 Å². The van der Waals surface area contributed by atoms with Crippen molar-refractivity contribution in [3.8, 4) is 11.8 Å². The molecule has 1 amide bonds. The zero-order valence-corrected chi connectivity index (χ0v) is 14.3. The summed E-state index contributed by atoms with van der Waals surface area (Å²) in [5, 5.41) is 9.60. The van der Waals surface area contributed by atoms with Gasteiger partial charge in [-0.15, -0.1) is 0 Å². The number of halogens is 2. The normalized spacial score (nSPS) is 10.1. The van der Waals surface area contributed by atoms with Crippen LogP contribution >= 0.6 is 23.2 Å². The lowest BCUT2D eigenvalue weighted by atomic mass is 10.2. The third-order valence-corrected chi connectivity index (χ3v) is 3.93. The van der Waals surface area contributed by atoms with E-state index in [4.69, 9.17) is 38.9 Å². The van der Waals surface area contributed by atoms with Crippen LogP contribution in [0, 0.1) is 11.3 Å². The van der Waals surface area contributed by atoms with Crippen molar-refractivity contribution in [2.45, 2.75) is 6.61 Å². The number of aromatic nitrogens is 1. The average molecular weight is 365 g/mol. The topological polar surface area (TPSA) is 92.2 Å². The summed E-state index contributed by atoms with van der Waals surface area (Å²) in [6.45, 7) is 0.0463. The fraction of sp³-hybridized carbons (Fsp3) is 0.188. The van der Waals surface area contributed by atoms with E-state index in [9.17, 15) is 4.79 Å². The largest absolute Gasteiger partial charge is 0.485 e. The lowest BCUT2D eigenvalue weighted by Crippen LogP contribution is -2.27. The van der Waals surface area contributed by atoms with Crippen LogP contribution in [0.3, 0.4) is 0 Å². The van der Waals surface area contributed by atoms with E-state index < -0.39 is 0 Å². The Hall–Kier alpha value is -2.49. The molecule has 8 heteroatoms. The molecule has 0 aliphatic heterocycles. The minimum Gasteiger partial charge on any atom is -0.485 e. The van der Waals surface area contributed by atoms with Crippen molar-refractivity contribution in [2.24, 2.45) is 0 Å². The lowest BCUT2D eigenvalue weighted by molar-refractivity contribution is 0.0811. The van der Waals surface area contributed by atoms with Crippen molar-refractivity contribution in [1.82, 2.24) is 9.88 Å². The number of nitrogens with zero attached hydrogens (tertiary/aromatic N) is 3. The van der Waals surface area contributed by atoms with Crippen LogP contribution in [0.5, 0.6) is 5.75 Å². The molecule has 0 fully saturated rings. The molecule has 0 aliphatic rings. The number of rotatable bonds is 5. The van der Waals surface area contributed by atoms with E-state index in [1.165, 1.54) is 24.2 Å². The zero-order chi connectivity index (χ0) is 17.7. The molecule has 0 spiro atoms. The maximum absolute atomic E-state index is 12.2. The number of anilines is 1. The summed E-state index contributed by atoms with van der Waals surface area (Å²) in [6, 6.07) is 8.51. The van der Waals surface area contributed by atoms with Crippen LogP contribution in [0.25, 0.3) is 0 Å². The standard InChI is InChI=1S/C16H14Cl2N4O2/c1-22(6-5-19)16(23)10-7-14(15(20)21-8-10)24-9-11-12(17)3-2-4-13(11)18/h2-4,7-8H,6,9H2,1H3,(H2,20,21). The minimum absolute atomic E-state index is 0.0331. The number of hydrogen-bond acceptors (Lipinski definition) is 5. The second-order valence-corrected chi connectivity index (χ2v) is 5.73. The predicted octanol–water partition coefficient (Wildman–Crippen LogP) is 3.15. The number of carbonyl (C=O) groups is 1. The van der Waals surface area contributed by atoms with Crippen LogP contribution in [-0.2, 0) is 6.61 Å². The Kier molecular flexibility index (Phi) is 5.85. The van der Waals surface area contributed by atoms with Gasteiger partial charge < -0.3 is 15.4 Å². The van der Waals surface area contributed by atoms with E-state index in [0.717, 1.165) is 0 Å². The Labute approximate surface area is 149 Å². The van der Waals surface area contributed by atoms with Crippen LogP contribution in [0.2, 0.25) is 10.0 Å². The van der Waals surface area contributed by atoms with Crippen molar-refractivity contribution in [3.63, 3.8) is 0 Å². The van der Waals surface area contributed by atoms with E-state index in [1.807, 2.05) is 6.07 Å². The molecular weight excluding hydrogens is 351 g/mol. The van der Waals surface area contributed by atoms with E-state index in [-0.39, 0.29) is 36.2 Å². The number of nitrogens with two attached hydrogens (primary N) is 1. The molecule has 1 aromatic heterocycles. The number of hydrogen-bond donors (Lipinski definition) is 1. The number of amides is 1. The van der Waals surface area contributed by atoms with Gasteiger partial charge in [-0.1, -0.05) is 29.3 Å². The Morgan fingerprint density at radius 1 is 1.42 bits per heavy atom. The maximum Gasteiger partial charge on any atom is 0.256 e. The summed E-state index contributed by atoms with van der Waals surface area (Å²) < 4.78 is 5.62. The maximum atomic E-state index is 12.2. The Bertz CT molecular complexity index is 785. The van der Waals surface area contributed by atoms with Gasteiger partial charge in [0.15, 0.2) is 11.6 Å². The van der Waals surface area contributed by atoms with Crippen molar-refractivity contribution >= 4 is 34.9 Å². The molecule has 0 saturated heterocycles. The fourth-order valence-electron chi connectivity index (χ4n) is 1.91. The van der Waals surface area contributed by atoms with Crippen LogP contribution in [0.1, 0.15) is 15.9 Å². The Balaban J connectivity index is 2.20. The number of ether oxygens (including phenoxy) is 1.